The second-order valence-electron chi connectivity index (χ2n) is 7.30. The van der Waals surface area contributed by atoms with Crippen LogP contribution in [0.3, 0.4) is 0 Å². The van der Waals surface area contributed by atoms with E-state index in [2.05, 4.69) is 5.32 Å². The first-order valence-electron chi connectivity index (χ1n) is 10.1. The van der Waals surface area contributed by atoms with Crippen molar-refractivity contribution >= 4 is 58.4 Å². The number of benzene rings is 2. The van der Waals surface area contributed by atoms with Crippen molar-refractivity contribution in [3.8, 4) is 0 Å². The predicted molar refractivity (Wildman–Crippen MR) is 132 cm³/mol. The standard InChI is InChI=1S/C23H27Cl3N2O2S/c1-4-15(2)27-23(30)16(3)28(12-17-8-5-6-9-19(17)24)22(29)14-31-13-18-20(25)10-7-11-21(18)26/h5-11,15-16H,4,12-14H2,1-3H3,(H,27,30)/t15-,16-/m1/s1. The van der Waals surface area contributed by atoms with Gasteiger partial charge in [-0.05, 0) is 49.6 Å². The quantitative estimate of drug-likeness (QED) is 0.421. The maximum atomic E-state index is 13.1. The zero-order valence-corrected chi connectivity index (χ0v) is 20.9. The van der Waals surface area contributed by atoms with E-state index >= 15 is 0 Å². The minimum atomic E-state index is -0.637. The molecule has 168 valence electrons. The van der Waals surface area contributed by atoms with Gasteiger partial charge >= 0.3 is 0 Å². The first-order valence-corrected chi connectivity index (χ1v) is 12.4. The van der Waals surface area contributed by atoms with Crippen LogP contribution in [0.25, 0.3) is 0 Å². The topological polar surface area (TPSA) is 49.4 Å². The largest absolute Gasteiger partial charge is 0.352 e. The van der Waals surface area contributed by atoms with Gasteiger partial charge in [0.2, 0.25) is 11.8 Å². The van der Waals surface area contributed by atoms with E-state index in [9.17, 15) is 9.59 Å². The van der Waals surface area contributed by atoms with Gasteiger partial charge in [0.15, 0.2) is 0 Å². The SMILES string of the molecule is CC[C@@H](C)NC(=O)[C@@H](C)N(Cc1ccccc1Cl)C(=O)CSCc1c(Cl)cccc1Cl. The van der Waals surface area contributed by atoms with Gasteiger partial charge in [-0.15, -0.1) is 11.8 Å². The highest BCUT2D eigenvalue weighted by molar-refractivity contribution is 7.99. The molecule has 0 aromatic heterocycles. The summed E-state index contributed by atoms with van der Waals surface area (Å²) in [6, 6.07) is 12.1. The monoisotopic (exact) mass is 500 g/mol. The van der Waals surface area contributed by atoms with Crippen LogP contribution in [0.4, 0.5) is 0 Å². The average Bonchev–Trinajstić information content (AvgIpc) is 2.74. The molecular weight excluding hydrogens is 475 g/mol. The highest BCUT2D eigenvalue weighted by atomic mass is 35.5. The van der Waals surface area contributed by atoms with Gasteiger partial charge in [0.05, 0.1) is 5.75 Å². The molecule has 2 aromatic rings. The van der Waals surface area contributed by atoms with Crippen molar-refractivity contribution in [2.24, 2.45) is 0 Å². The molecule has 4 nitrogen and oxygen atoms in total. The lowest BCUT2D eigenvalue weighted by Crippen LogP contribution is -2.50. The Hall–Kier alpha value is -1.40. The normalized spacial score (nSPS) is 12.8. The molecule has 0 radical (unpaired) electrons. The molecule has 2 rings (SSSR count). The molecule has 0 spiro atoms. The molecule has 2 atom stereocenters. The van der Waals surface area contributed by atoms with Crippen LogP contribution in [-0.4, -0.2) is 34.6 Å². The third-order valence-electron chi connectivity index (χ3n) is 5.00. The van der Waals surface area contributed by atoms with Gasteiger partial charge in [-0.1, -0.05) is 66.0 Å². The fourth-order valence-electron chi connectivity index (χ4n) is 2.85. The first-order chi connectivity index (χ1) is 14.7. The number of carbonyl (C=O) groups excluding carboxylic acids is 2. The lowest BCUT2D eigenvalue weighted by molar-refractivity contribution is -0.138. The summed E-state index contributed by atoms with van der Waals surface area (Å²) < 4.78 is 0. The Morgan fingerprint density at radius 2 is 1.61 bits per heavy atom. The van der Waals surface area contributed by atoms with Gasteiger partial charge in [-0.25, -0.2) is 0 Å². The Labute approximate surface area is 203 Å². The third kappa shape index (κ3) is 7.60. The van der Waals surface area contributed by atoms with Crippen LogP contribution >= 0.6 is 46.6 Å². The van der Waals surface area contributed by atoms with Crippen LogP contribution in [0.1, 0.15) is 38.3 Å². The Kier molecular flexibility index (Phi) is 10.5. The van der Waals surface area contributed by atoms with Gasteiger partial charge in [0, 0.05) is 33.4 Å². The van der Waals surface area contributed by atoms with Crippen LogP contribution in [0, 0.1) is 0 Å². The van der Waals surface area contributed by atoms with E-state index in [1.165, 1.54) is 11.8 Å². The van der Waals surface area contributed by atoms with E-state index < -0.39 is 6.04 Å². The Bertz CT molecular complexity index is 890. The van der Waals surface area contributed by atoms with Gasteiger partial charge in [0.25, 0.3) is 0 Å². The van der Waals surface area contributed by atoms with E-state index in [-0.39, 0.29) is 30.2 Å². The van der Waals surface area contributed by atoms with Crippen molar-refractivity contribution in [1.29, 1.82) is 0 Å². The summed E-state index contributed by atoms with van der Waals surface area (Å²) in [5.41, 5.74) is 1.59. The zero-order chi connectivity index (χ0) is 23.0. The van der Waals surface area contributed by atoms with E-state index in [1.54, 1.807) is 36.1 Å². The van der Waals surface area contributed by atoms with Crippen molar-refractivity contribution in [2.75, 3.05) is 5.75 Å². The third-order valence-corrected chi connectivity index (χ3v) is 7.02. The summed E-state index contributed by atoms with van der Waals surface area (Å²) in [6.07, 6.45) is 0.811. The number of rotatable bonds is 10. The van der Waals surface area contributed by atoms with Crippen LogP contribution in [0.2, 0.25) is 15.1 Å². The minimum absolute atomic E-state index is 0.0314. The Morgan fingerprint density at radius 1 is 1.00 bits per heavy atom. The number of carbonyl (C=O) groups is 2. The molecule has 2 amide bonds. The molecule has 0 heterocycles. The molecule has 0 aliphatic carbocycles. The smallest absolute Gasteiger partial charge is 0.242 e. The van der Waals surface area contributed by atoms with E-state index in [0.717, 1.165) is 17.5 Å². The zero-order valence-electron chi connectivity index (χ0n) is 17.8. The Morgan fingerprint density at radius 3 is 2.23 bits per heavy atom. The van der Waals surface area contributed by atoms with Crippen LogP contribution in [-0.2, 0) is 21.9 Å². The number of amides is 2. The van der Waals surface area contributed by atoms with Gasteiger partial charge in [0.1, 0.15) is 6.04 Å². The molecule has 0 saturated carbocycles. The highest BCUT2D eigenvalue weighted by Gasteiger charge is 2.27. The first kappa shape index (κ1) is 25.9. The molecule has 0 saturated heterocycles. The van der Waals surface area contributed by atoms with Crippen molar-refractivity contribution in [3.05, 3.63) is 68.7 Å². The van der Waals surface area contributed by atoms with Crippen molar-refractivity contribution in [3.63, 3.8) is 0 Å². The van der Waals surface area contributed by atoms with E-state index in [1.807, 2.05) is 32.0 Å². The molecule has 2 aromatic carbocycles. The average molecular weight is 502 g/mol. The Balaban J connectivity index is 2.13. The molecule has 0 aliphatic rings. The summed E-state index contributed by atoms with van der Waals surface area (Å²) in [7, 11) is 0. The summed E-state index contributed by atoms with van der Waals surface area (Å²) in [5, 5.41) is 4.66. The molecule has 0 fully saturated rings. The van der Waals surface area contributed by atoms with Crippen LogP contribution in [0.5, 0.6) is 0 Å². The minimum Gasteiger partial charge on any atom is -0.352 e. The summed E-state index contributed by atoms with van der Waals surface area (Å²) in [6.45, 7) is 5.93. The molecule has 1 N–H and O–H groups in total. The number of halogens is 3. The number of hydrogen-bond acceptors (Lipinski definition) is 3. The number of thioether (sulfide) groups is 1. The van der Waals surface area contributed by atoms with Gasteiger partial charge in [-0.3, -0.25) is 9.59 Å². The molecule has 0 unspecified atom stereocenters. The number of hydrogen-bond donors (Lipinski definition) is 1. The molecule has 0 aliphatic heterocycles. The molecule has 0 bridgehead atoms. The maximum absolute atomic E-state index is 13.1. The van der Waals surface area contributed by atoms with E-state index in [4.69, 9.17) is 34.8 Å². The van der Waals surface area contributed by atoms with Crippen LogP contribution < -0.4 is 5.32 Å². The summed E-state index contributed by atoms with van der Waals surface area (Å²) in [5.74, 6) is 0.346. The fraction of sp³-hybridized carbons (Fsp3) is 0.391. The lowest BCUT2D eigenvalue weighted by Gasteiger charge is -2.30. The number of nitrogens with zero attached hydrogens (tertiary/aromatic N) is 1. The van der Waals surface area contributed by atoms with Gasteiger partial charge in [-0.2, -0.15) is 0 Å². The highest BCUT2D eigenvalue weighted by Crippen LogP contribution is 2.28. The second kappa shape index (κ2) is 12.6. The van der Waals surface area contributed by atoms with Crippen LogP contribution in [0.15, 0.2) is 42.5 Å². The molecular formula is C23H27Cl3N2O2S. The summed E-state index contributed by atoms with van der Waals surface area (Å²) in [4.78, 5) is 27.4. The van der Waals surface area contributed by atoms with Gasteiger partial charge < -0.3 is 10.2 Å². The lowest BCUT2D eigenvalue weighted by atomic mass is 10.1. The summed E-state index contributed by atoms with van der Waals surface area (Å²) >= 11 is 20.2. The van der Waals surface area contributed by atoms with Crippen molar-refractivity contribution < 1.29 is 9.59 Å². The van der Waals surface area contributed by atoms with Crippen molar-refractivity contribution in [1.82, 2.24) is 10.2 Å². The molecule has 8 heteroatoms. The maximum Gasteiger partial charge on any atom is 0.242 e. The molecule has 31 heavy (non-hydrogen) atoms. The second-order valence-corrected chi connectivity index (χ2v) is 9.51. The number of nitrogens with one attached hydrogen (secondary N) is 1. The van der Waals surface area contributed by atoms with E-state index in [0.29, 0.717) is 20.8 Å². The fourth-order valence-corrected chi connectivity index (χ4v) is 4.69. The van der Waals surface area contributed by atoms with Crippen molar-refractivity contribution in [2.45, 2.75) is 51.6 Å². The predicted octanol–water partition coefficient (Wildman–Crippen LogP) is 6.21.